The lowest BCUT2D eigenvalue weighted by molar-refractivity contribution is -0.150. The van der Waals surface area contributed by atoms with E-state index in [1.807, 2.05) is 0 Å². The number of nitrogens with zero attached hydrogens (tertiary/aromatic N) is 1. The van der Waals surface area contributed by atoms with Crippen LogP contribution in [0.2, 0.25) is 0 Å². The van der Waals surface area contributed by atoms with E-state index >= 15 is 0 Å². The van der Waals surface area contributed by atoms with Crippen molar-refractivity contribution in [1.82, 2.24) is 4.98 Å². The smallest absolute Gasteiger partial charge is 0.239 e. The Labute approximate surface area is 88.2 Å². The van der Waals surface area contributed by atoms with Gasteiger partial charge in [0, 0.05) is 4.47 Å². The molecule has 0 saturated heterocycles. The Morgan fingerprint density at radius 1 is 0.867 bits per heavy atom. The second kappa shape index (κ2) is 3.66. The molecule has 8 heteroatoms. The molecule has 1 rings (SSSR count). The summed E-state index contributed by atoms with van der Waals surface area (Å²) in [6.45, 7) is 0. The Morgan fingerprint density at radius 3 is 1.47 bits per heavy atom. The fourth-order valence-corrected chi connectivity index (χ4v) is 1.22. The van der Waals surface area contributed by atoms with E-state index in [0.29, 0.717) is 12.1 Å². The van der Waals surface area contributed by atoms with Gasteiger partial charge in [-0.1, -0.05) is 15.9 Å². The van der Waals surface area contributed by atoms with Gasteiger partial charge in [0.25, 0.3) is 0 Å². The van der Waals surface area contributed by atoms with Crippen LogP contribution in [-0.2, 0) is 12.4 Å². The first-order chi connectivity index (χ1) is 6.60. The molecule has 0 saturated carbocycles. The number of hydrogen-bond donors (Lipinski definition) is 0. The topological polar surface area (TPSA) is 12.9 Å². The third-order valence-corrected chi connectivity index (χ3v) is 1.83. The summed E-state index contributed by atoms with van der Waals surface area (Å²) >= 11 is 2.56. The zero-order valence-corrected chi connectivity index (χ0v) is 8.33. The van der Waals surface area contributed by atoms with E-state index in [0.717, 1.165) is 0 Å². The molecule has 0 spiro atoms. The Kier molecular flexibility index (Phi) is 2.99. The molecular formula is C7H2BrF6N. The third kappa shape index (κ3) is 3.08. The summed E-state index contributed by atoms with van der Waals surface area (Å²) in [6.07, 6.45) is -9.80. The molecule has 0 bridgehead atoms. The van der Waals surface area contributed by atoms with Gasteiger partial charge in [0.15, 0.2) is 0 Å². The molecule has 0 fully saturated rings. The summed E-state index contributed by atoms with van der Waals surface area (Å²) in [7, 11) is 0. The third-order valence-electron chi connectivity index (χ3n) is 1.37. The van der Waals surface area contributed by atoms with Crippen LogP contribution >= 0.6 is 15.9 Å². The Bertz CT molecular complexity index is 336. The summed E-state index contributed by atoms with van der Waals surface area (Å²) in [6, 6.07) is 0.963. The van der Waals surface area contributed by atoms with Crippen molar-refractivity contribution in [3.05, 3.63) is 28.0 Å². The molecule has 0 aromatic carbocycles. The highest BCUT2D eigenvalue weighted by Crippen LogP contribution is 2.34. The van der Waals surface area contributed by atoms with Gasteiger partial charge in [-0.15, -0.1) is 0 Å². The van der Waals surface area contributed by atoms with Crippen LogP contribution in [0.5, 0.6) is 0 Å². The molecular weight excluding hydrogens is 292 g/mol. The van der Waals surface area contributed by atoms with E-state index < -0.39 is 23.7 Å². The van der Waals surface area contributed by atoms with Gasteiger partial charge in [-0.25, -0.2) is 4.98 Å². The molecule has 1 aromatic heterocycles. The molecule has 0 atom stereocenters. The molecule has 0 unspecified atom stereocenters. The molecule has 1 aromatic rings. The first-order valence-electron chi connectivity index (χ1n) is 3.42. The minimum atomic E-state index is -4.90. The van der Waals surface area contributed by atoms with E-state index in [-0.39, 0.29) is 4.47 Å². The molecule has 15 heavy (non-hydrogen) atoms. The average molecular weight is 294 g/mol. The molecule has 84 valence electrons. The second-order valence-electron chi connectivity index (χ2n) is 2.55. The summed E-state index contributed by atoms with van der Waals surface area (Å²) in [5.41, 5.74) is -3.16. The van der Waals surface area contributed by atoms with Crippen molar-refractivity contribution in [1.29, 1.82) is 0 Å². The number of rotatable bonds is 0. The summed E-state index contributed by atoms with van der Waals surface area (Å²) in [4.78, 5) is 2.50. The molecule has 0 aliphatic carbocycles. The number of pyridine rings is 1. The molecule has 0 N–H and O–H groups in total. The highest BCUT2D eigenvalue weighted by atomic mass is 79.9. The number of hydrogen-bond acceptors (Lipinski definition) is 1. The van der Waals surface area contributed by atoms with Crippen LogP contribution in [-0.4, -0.2) is 4.98 Å². The Morgan fingerprint density at radius 2 is 1.20 bits per heavy atom. The van der Waals surface area contributed by atoms with E-state index in [4.69, 9.17) is 0 Å². The van der Waals surface area contributed by atoms with Gasteiger partial charge < -0.3 is 0 Å². The quantitative estimate of drug-likeness (QED) is 0.662. The zero-order valence-electron chi connectivity index (χ0n) is 6.75. The van der Waals surface area contributed by atoms with Gasteiger partial charge in [0.05, 0.1) is 0 Å². The highest BCUT2D eigenvalue weighted by molar-refractivity contribution is 9.10. The normalized spacial score (nSPS) is 13.0. The Hall–Kier alpha value is -0.790. The molecule has 0 aliphatic heterocycles. The Balaban J connectivity index is 3.30. The first kappa shape index (κ1) is 12.3. The fraction of sp³-hybridized carbons (Fsp3) is 0.286. The highest BCUT2D eigenvalue weighted by Gasteiger charge is 2.38. The van der Waals surface area contributed by atoms with Gasteiger partial charge in [0.2, 0.25) is 0 Å². The van der Waals surface area contributed by atoms with Crippen LogP contribution in [0.3, 0.4) is 0 Å². The van der Waals surface area contributed by atoms with Crippen LogP contribution in [0.4, 0.5) is 26.3 Å². The summed E-state index contributed by atoms with van der Waals surface area (Å²) in [5, 5.41) is 0. The average Bonchev–Trinajstić information content (AvgIpc) is 1.99. The second-order valence-corrected chi connectivity index (χ2v) is 3.47. The summed E-state index contributed by atoms with van der Waals surface area (Å²) in [5.74, 6) is 0. The maximum atomic E-state index is 12.1. The van der Waals surface area contributed by atoms with Gasteiger partial charge in [-0.05, 0) is 12.1 Å². The standard InChI is InChI=1S/C7H2BrF6N/c8-3-1-4(6(9,10)11)15-5(2-3)7(12,13)14/h1-2H. The zero-order chi connectivity index (χ0) is 11.9. The van der Waals surface area contributed by atoms with Crippen molar-refractivity contribution in [2.75, 3.05) is 0 Å². The molecule has 0 radical (unpaired) electrons. The molecule has 1 heterocycles. The van der Waals surface area contributed by atoms with E-state index in [9.17, 15) is 26.3 Å². The van der Waals surface area contributed by atoms with Crippen molar-refractivity contribution in [2.45, 2.75) is 12.4 Å². The van der Waals surface area contributed by atoms with Crippen LogP contribution in [0, 0.1) is 0 Å². The van der Waals surface area contributed by atoms with E-state index in [1.54, 1.807) is 0 Å². The van der Waals surface area contributed by atoms with Crippen molar-refractivity contribution >= 4 is 15.9 Å². The van der Waals surface area contributed by atoms with Gasteiger partial charge >= 0.3 is 12.4 Å². The van der Waals surface area contributed by atoms with Crippen LogP contribution < -0.4 is 0 Å². The van der Waals surface area contributed by atoms with E-state index in [2.05, 4.69) is 20.9 Å². The lowest BCUT2D eigenvalue weighted by atomic mass is 10.3. The monoisotopic (exact) mass is 293 g/mol. The molecule has 0 amide bonds. The van der Waals surface area contributed by atoms with Gasteiger partial charge in [-0.2, -0.15) is 26.3 Å². The lowest BCUT2D eigenvalue weighted by Crippen LogP contribution is -2.14. The van der Waals surface area contributed by atoms with E-state index in [1.165, 1.54) is 0 Å². The van der Waals surface area contributed by atoms with Crippen molar-refractivity contribution in [2.24, 2.45) is 0 Å². The molecule has 0 aliphatic rings. The molecule has 1 nitrogen and oxygen atoms in total. The maximum Gasteiger partial charge on any atom is 0.433 e. The van der Waals surface area contributed by atoms with Crippen LogP contribution in [0.1, 0.15) is 11.4 Å². The van der Waals surface area contributed by atoms with Crippen LogP contribution in [0.15, 0.2) is 16.6 Å². The van der Waals surface area contributed by atoms with Crippen molar-refractivity contribution < 1.29 is 26.3 Å². The van der Waals surface area contributed by atoms with Crippen molar-refractivity contribution in [3.8, 4) is 0 Å². The number of alkyl halides is 6. The van der Waals surface area contributed by atoms with Crippen LogP contribution in [0.25, 0.3) is 0 Å². The fourth-order valence-electron chi connectivity index (χ4n) is 0.788. The number of aromatic nitrogens is 1. The maximum absolute atomic E-state index is 12.1. The van der Waals surface area contributed by atoms with Gasteiger partial charge in [-0.3, -0.25) is 0 Å². The number of halogens is 7. The lowest BCUT2D eigenvalue weighted by Gasteiger charge is -2.10. The minimum Gasteiger partial charge on any atom is -0.239 e. The van der Waals surface area contributed by atoms with Gasteiger partial charge in [0.1, 0.15) is 11.4 Å². The minimum absolute atomic E-state index is 0.322. The first-order valence-corrected chi connectivity index (χ1v) is 4.22. The summed E-state index contributed by atoms with van der Waals surface area (Å²) < 4.78 is 72.2. The SMILES string of the molecule is FC(F)(F)c1cc(Br)cc(C(F)(F)F)n1. The predicted molar refractivity (Wildman–Crippen MR) is 41.9 cm³/mol. The largest absolute Gasteiger partial charge is 0.433 e. The predicted octanol–water partition coefficient (Wildman–Crippen LogP) is 3.88. The van der Waals surface area contributed by atoms with Crippen molar-refractivity contribution in [3.63, 3.8) is 0 Å².